The van der Waals surface area contributed by atoms with Crippen molar-refractivity contribution in [2.75, 3.05) is 14.2 Å². The molecule has 0 atom stereocenters. The lowest BCUT2D eigenvalue weighted by atomic mass is 10.00. The monoisotopic (exact) mass is 354 g/mol. The van der Waals surface area contributed by atoms with Gasteiger partial charge < -0.3 is 19.7 Å². The van der Waals surface area contributed by atoms with Crippen LogP contribution in [0.25, 0.3) is 12.2 Å². The van der Waals surface area contributed by atoms with E-state index < -0.39 is 11.9 Å². The van der Waals surface area contributed by atoms with Crippen molar-refractivity contribution in [1.82, 2.24) is 0 Å². The Kier molecular flexibility index (Phi) is 6.16. The number of ether oxygens (including phenoxy) is 2. The third-order valence-electron chi connectivity index (χ3n) is 3.60. The first-order valence-electron chi connectivity index (χ1n) is 7.63. The third-order valence-corrected chi connectivity index (χ3v) is 3.60. The summed E-state index contributed by atoms with van der Waals surface area (Å²) < 4.78 is 10.1. The summed E-state index contributed by atoms with van der Waals surface area (Å²) in [4.78, 5) is 23.3. The Morgan fingerprint density at radius 3 is 1.23 bits per heavy atom. The zero-order valence-electron chi connectivity index (χ0n) is 14.3. The summed E-state index contributed by atoms with van der Waals surface area (Å²) in [5.74, 6) is -1.43. The van der Waals surface area contributed by atoms with Crippen LogP contribution in [0, 0.1) is 0 Å². The number of methoxy groups -OCH3 is 2. The van der Waals surface area contributed by atoms with Gasteiger partial charge in [-0.15, -0.1) is 0 Å². The normalized spacial score (nSPS) is 11.8. The van der Waals surface area contributed by atoms with Gasteiger partial charge in [0.1, 0.15) is 11.5 Å². The highest BCUT2D eigenvalue weighted by atomic mass is 16.5. The molecule has 0 aliphatic heterocycles. The van der Waals surface area contributed by atoms with Crippen molar-refractivity contribution in [2.24, 2.45) is 0 Å². The Morgan fingerprint density at radius 1 is 0.692 bits per heavy atom. The molecule has 0 bridgehead atoms. The number of hydrogen-bond acceptors (Lipinski definition) is 4. The van der Waals surface area contributed by atoms with E-state index in [2.05, 4.69) is 0 Å². The number of rotatable bonds is 7. The maximum atomic E-state index is 11.6. The van der Waals surface area contributed by atoms with E-state index in [0.717, 1.165) is 0 Å². The molecule has 134 valence electrons. The van der Waals surface area contributed by atoms with E-state index in [1.807, 2.05) is 0 Å². The fourth-order valence-corrected chi connectivity index (χ4v) is 2.24. The van der Waals surface area contributed by atoms with Gasteiger partial charge in [-0.25, -0.2) is 9.59 Å². The van der Waals surface area contributed by atoms with Crippen LogP contribution in [0.1, 0.15) is 11.1 Å². The van der Waals surface area contributed by atoms with Crippen molar-refractivity contribution in [3.05, 3.63) is 70.8 Å². The Morgan fingerprint density at radius 2 is 1.00 bits per heavy atom. The summed E-state index contributed by atoms with van der Waals surface area (Å²) in [5.41, 5.74) is 0.451. The maximum absolute atomic E-state index is 11.6. The number of carbonyl (C=O) groups is 2. The van der Waals surface area contributed by atoms with Crippen LogP contribution >= 0.6 is 0 Å². The standard InChI is InChI=1S/C20H18O6/c1-25-15-7-3-13(4-8-15)11-17(19(21)22)18(20(23)24)12-14-5-9-16(26-2)10-6-14/h3-12H,1-2H3,(H,21,22)(H,23,24). The Bertz CT molecular complexity index is 771. The molecule has 2 aromatic carbocycles. The first-order chi connectivity index (χ1) is 12.4. The summed E-state index contributed by atoms with van der Waals surface area (Å²) >= 11 is 0. The molecule has 0 amide bonds. The second kappa shape index (κ2) is 8.53. The SMILES string of the molecule is COc1ccc(C=C(C(=O)O)C(=Cc2ccc(OC)cc2)C(=O)O)cc1. The fraction of sp³-hybridized carbons (Fsp3) is 0.100. The summed E-state index contributed by atoms with van der Waals surface area (Å²) in [6.45, 7) is 0. The molecule has 2 N–H and O–H groups in total. The predicted octanol–water partition coefficient (Wildman–Crippen LogP) is 3.34. The minimum atomic E-state index is -1.33. The topological polar surface area (TPSA) is 93.1 Å². The number of carboxylic acid groups (broad SMARTS) is 2. The lowest BCUT2D eigenvalue weighted by Crippen LogP contribution is -2.11. The Balaban J connectivity index is 2.47. The molecular formula is C20H18O6. The van der Waals surface area contributed by atoms with E-state index in [0.29, 0.717) is 22.6 Å². The molecule has 0 heterocycles. The molecule has 26 heavy (non-hydrogen) atoms. The van der Waals surface area contributed by atoms with Crippen molar-refractivity contribution in [3.8, 4) is 11.5 Å². The van der Waals surface area contributed by atoms with Gasteiger partial charge in [0.25, 0.3) is 0 Å². The summed E-state index contributed by atoms with van der Waals surface area (Å²) in [6, 6.07) is 13.3. The molecule has 6 nitrogen and oxygen atoms in total. The van der Waals surface area contributed by atoms with Gasteiger partial charge in [0.05, 0.1) is 25.4 Å². The lowest BCUT2D eigenvalue weighted by Gasteiger charge is -2.06. The van der Waals surface area contributed by atoms with Gasteiger partial charge >= 0.3 is 11.9 Å². The van der Waals surface area contributed by atoms with E-state index in [1.54, 1.807) is 48.5 Å². The second-order valence-corrected chi connectivity index (χ2v) is 5.27. The minimum absolute atomic E-state index is 0.321. The van der Waals surface area contributed by atoms with Gasteiger partial charge in [-0.2, -0.15) is 0 Å². The van der Waals surface area contributed by atoms with Crippen LogP contribution in [0.4, 0.5) is 0 Å². The number of hydrogen-bond donors (Lipinski definition) is 2. The third kappa shape index (κ3) is 4.73. The first kappa shape index (κ1) is 18.8. The molecule has 6 heteroatoms. The molecule has 2 rings (SSSR count). The summed E-state index contributed by atoms with van der Waals surface area (Å²) in [7, 11) is 3.04. The Hall–Kier alpha value is -3.54. The predicted molar refractivity (Wildman–Crippen MR) is 97.2 cm³/mol. The largest absolute Gasteiger partial charge is 0.497 e. The van der Waals surface area contributed by atoms with Crippen molar-refractivity contribution >= 4 is 24.1 Å². The smallest absolute Gasteiger partial charge is 0.336 e. The lowest BCUT2D eigenvalue weighted by molar-refractivity contribution is -0.136. The van der Waals surface area contributed by atoms with Gasteiger partial charge in [0.15, 0.2) is 0 Å². The van der Waals surface area contributed by atoms with E-state index in [-0.39, 0.29) is 11.1 Å². The molecule has 0 saturated carbocycles. The minimum Gasteiger partial charge on any atom is -0.497 e. The molecule has 0 aromatic heterocycles. The highest BCUT2D eigenvalue weighted by Gasteiger charge is 2.20. The van der Waals surface area contributed by atoms with E-state index in [9.17, 15) is 19.8 Å². The molecule has 0 radical (unpaired) electrons. The average Bonchev–Trinajstić information content (AvgIpc) is 2.65. The number of benzene rings is 2. The Labute approximate surface area is 150 Å². The van der Waals surface area contributed by atoms with Crippen LogP contribution in [0.2, 0.25) is 0 Å². The zero-order valence-corrected chi connectivity index (χ0v) is 14.3. The molecule has 0 fully saturated rings. The van der Waals surface area contributed by atoms with Gasteiger partial charge in [-0.3, -0.25) is 0 Å². The van der Waals surface area contributed by atoms with Crippen molar-refractivity contribution in [2.45, 2.75) is 0 Å². The molecule has 0 aliphatic rings. The van der Waals surface area contributed by atoms with E-state index in [4.69, 9.17) is 9.47 Å². The molecular weight excluding hydrogens is 336 g/mol. The van der Waals surface area contributed by atoms with Gasteiger partial charge in [0, 0.05) is 0 Å². The first-order valence-corrected chi connectivity index (χ1v) is 7.63. The van der Waals surface area contributed by atoms with Crippen LogP contribution in [0.3, 0.4) is 0 Å². The highest BCUT2D eigenvalue weighted by Crippen LogP contribution is 2.22. The molecule has 0 unspecified atom stereocenters. The molecule has 0 spiro atoms. The van der Waals surface area contributed by atoms with Crippen LogP contribution in [-0.2, 0) is 9.59 Å². The van der Waals surface area contributed by atoms with Crippen LogP contribution in [0.5, 0.6) is 11.5 Å². The van der Waals surface area contributed by atoms with Crippen LogP contribution in [-0.4, -0.2) is 36.4 Å². The summed E-state index contributed by atoms with van der Waals surface area (Å²) in [6.07, 6.45) is 2.62. The second-order valence-electron chi connectivity index (χ2n) is 5.27. The zero-order chi connectivity index (χ0) is 19.1. The molecule has 2 aromatic rings. The van der Waals surface area contributed by atoms with Crippen LogP contribution < -0.4 is 9.47 Å². The number of aliphatic carboxylic acids is 2. The molecule has 0 aliphatic carbocycles. The van der Waals surface area contributed by atoms with Crippen molar-refractivity contribution in [3.63, 3.8) is 0 Å². The fourth-order valence-electron chi connectivity index (χ4n) is 2.24. The van der Waals surface area contributed by atoms with Gasteiger partial charge in [-0.05, 0) is 47.5 Å². The average molecular weight is 354 g/mol. The van der Waals surface area contributed by atoms with Gasteiger partial charge in [-0.1, -0.05) is 24.3 Å². The van der Waals surface area contributed by atoms with Crippen molar-refractivity contribution in [1.29, 1.82) is 0 Å². The van der Waals surface area contributed by atoms with E-state index in [1.165, 1.54) is 26.4 Å². The summed E-state index contributed by atoms with van der Waals surface area (Å²) in [5, 5.41) is 19.0. The quantitative estimate of drug-likeness (QED) is 0.585. The van der Waals surface area contributed by atoms with Crippen LogP contribution in [0.15, 0.2) is 59.7 Å². The van der Waals surface area contributed by atoms with E-state index >= 15 is 0 Å². The molecule has 0 saturated heterocycles. The van der Waals surface area contributed by atoms with Crippen molar-refractivity contribution < 1.29 is 29.3 Å². The number of carboxylic acids is 2. The highest BCUT2D eigenvalue weighted by molar-refractivity contribution is 6.11. The van der Waals surface area contributed by atoms with Gasteiger partial charge in [0.2, 0.25) is 0 Å². The maximum Gasteiger partial charge on any atom is 0.336 e.